The van der Waals surface area contributed by atoms with Gasteiger partial charge in [0, 0.05) is 35.9 Å². The summed E-state index contributed by atoms with van der Waals surface area (Å²) >= 11 is 0. The van der Waals surface area contributed by atoms with Crippen molar-refractivity contribution < 1.29 is 18.3 Å². The molecule has 0 unspecified atom stereocenters. The van der Waals surface area contributed by atoms with E-state index >= 15 is 0 Å². The molecule has 28 heavy (non-hydrogen) atoms. The Bertz CT molecular complexity index is 848. The van der Waals surface area contributed by atoms with Crippen LogP contribution in [-0.2, 0) is 9.53 Å². The normalized spacial score (nSPS) is 20.6. The number of anilines is 1. The molecule has 2 aromatic rings. The van der Waals surface area contributed by atoms with Crippen molar-refractivity contribution in [2.45, 2.75) is 52.6 Å². The molecule has 0 N–H and O–H groups in total. The van der Waals surface area contributed by atoms with E-state index in [1.165, 1.54) is 6.07 Å². The fourth-order valence-corrected chi connectivity index (χ4v) is 4.08. The largest absolute Gasteiger partial charge is 0.460 e. The second-order valence-electron chi connectivity index (χ2n) is 8.78. The summed E-state index contributed by atoms with van der Waals surface area (Å²) in [5.74, 6) is 0.369. The van der Waals surface area contributed by atoms with Crippen LogP contribution in [0.25, 0.3) is 10.9 Å². The predicted molar refractivity (Wildman–Crippen MR) is 107 cm³/mol. The van der Waals surface area contributed by atoms with E-state index in [1.54, 1.807) is 18.3 Å². The van der Waals surface area contributed by atoms with E-state index in [9.17, 15) is 13.6 Å². The average molecular weight is 390 g/mol. The highest BCUT2D eigenvalue weighted by Crippen LogP contribution is 2.36. The van der Waals surface area contributed by atoms with Crippen molar-refractivity contribution in [3.8, 4) is 0 Å². The van der Waals surface area contributed by atoms with Gasteiger partial charge in [-0.1, -0.05) is 6.92 Å². The summed E-state index contributed by atoms with van der Waals surface area (Å²) in [6, 6.07) is 6.84. The number of carbonyl (C=O) groups is 1. The van der Waals surface area contributed by atoms with E-state index in [4.69, 9.17) is 4.74 Å². The third kappa shape index (κ3) is 4.78. The number of carbonyl (C=O) groups excluding carboxylic acids is 1. The van der Waals surface area contributed by atoms with Gasteiger partial charge in [-0.15, -0.1) is 0 Å². The van der Waals surface area contributed by atoms with Crippen molar-refractivity contribution in [2.24, 2.45) is 11.8 Å². The molecule has 2 heterocycles. The molecule has 0 aliphatic carbocycles. The zero-order valence-corrected chi connectivity index (χ0v) is 16.9. The minimum Gasteiger partial charge on any atom is -0.460 e. The van der Waals surface area contributed by atoms with Crippen LogP contribution in [0.15, 0.2) is 30.5 Å². The van der Waals surface area contributed by atoms with Crippen LogP contribution >= 0.6 is 0 Å². The van der Waals surface area contributed by atoms with Gasteiger partial charge in [-0.05, 0) is 63.3 Å². The minimum atomic E-state index is -2.56. The average Bonchev–Trinajstić information content (AvgIpc) is 2.58. The van der Waals surface area contributed by atoms with Crippen molar-refractivity contribution in [1.29, 1.82) is 0 Å². The van der Waals surface area contributed by atoms with Crippen LogP contribution in [0, 0.1) is 11.8 Å². The molecule has 0 radical (unpaired) electrons. The van der Waals surface area contributed by atoms with Gasteiger partial charge in [-0.25, -0.2) is 8.78 Å². The van der Waals surface area contributed by atoms with Crippen LogP contribution in [0.3, 0.4) is 0 Å². The third-order valence-corrected chi connectivity index (χ3v) is 4.98. The van der Waals surface area contributed by atoms with Gasteiger partial charge in [0.05, 0.1) is 11.9 Å². The Morgan fingerprint density at radius 3 is 2.71 bits per heavy atom. The number of esters is 1. The summed E-state index contributed by atoms with van der Waals surface area (Å²) < 4.78 is 32.2. The lowest BCUT2D eigenvalue weighted by Gasteiger charge is -2.38. The van der Waals surface area contributed by atoms with Gasteiger partial charge < -0.3 is 9.64 Å². The van der Waals surface area contributed by atoms with Gasteiger partial charge >= 0.3 is 5.97 Å². The molecular weight excluding hydrogens is 362 g/mol. The Hall–Kier alpha value is -2.24. The maximum absolute atomic E-state index is 13.4. The van der Waals surface area contributed by atoms with Crippen molar-refractivity contribution in [3.63, 3.8) is 0 Å². The van der Waals surface area contributed by atoms with Gasteiger partial charge in [0.25, 0.3) is 6.43 Å². The molecule has 152 valence electrons. The Kier molecular flexibility index (Phi) is 5.87. The Labute approximate surface area is 164 Å². The second kappa shape index (κ2) is 8.02. The predicted octanol–water partition coefficient (Wildman–Crippen LogP) is 5.37. The number of piperidine rings is 1. The number of aromatic nitrogens is 1. The van der Waals surface area contributed by atoms with Crippen LogP contribution in [0.2, 0.25) is 0 Å². The first-order chi connectivity index (χ1) is 13.1. The number of pyridine rings is 1. The number of nitrogens with zero attached hydrogens (tertiary/aromatic N) is 2. The lowest BCUT2D eigenvalue weighted by atomic mass is 9.87. The van der Waals surface area contributed by atoms with Crippen LogP contribution < -0.4 is 4.90 Å². The van der Waals surface area contributed by atoms with Gasteiger partial charge in [0.1, 0.15) is 5.60 Å². The number of ether oxygens (including phenoxy) is 1. The van der Waals surface area contributed by atoms with Gasteiger partial charge in [-0.3, -0.25) is 9.78 Å². The van der Waals surface area contributed by atoms with Crippen molar-refractivity contribution in [3.05, 3.63) is 36.0 Å². The minimum absolute atomic E-state index is 0.0466. The number of rotatable bonds is 4. The number of halogens is 2. The number of alkyl halides is 2. The van der Waals surface area contributed by atoms with E-state index < -0.39 is 12.0 Å². The van der Waals surface area contributed by atoms with Crippen molar-refractivity contribution in [2.75, 3.05) is 18.0 Å². The van der Waals surface area contributed by atoms with Crippen LogP contribution in [-0.4, -0.2) is 29.6 Å². The van der Waals surface area contributed by atoms with Crippen LogP contribution in [0.4, 0.5) is 14.5 Å². The summed E-state index contributed by atoms with van der Waals surface area (Å²) in [6.45, 7) is 9.27. The molecule has 1 aliphatic rings. The van der Waals surface area contributed by atoms with E-state index in [1.807, 2.05) is 26.8 Å². The van der Waals surface area contributed by atoms with Crippen LogP contribution in [0.5, 0.6) is 0 Å². The summed E-state index contributed by atoms with van der Waals surface area (Å²) in [7, 11) is 0. The Morgan fingerprint density at radius 2 is 2.04 bits per heavy atom. The molecule has 0 bridgehead atoms. The maximum Gasteiger partial charge on any atom is 0.306 e. The Morgan fingerprint density at radius 1 is 1.29 bits per heavy atom. The molecule has 1 saturated heterocycles. The smallest absolute Gasteiger partial charge is 0.306 e. The highest BCUT2D eigenvalue weighted by molar-refractivity contribution is 5.94. The number of fused-ring (bicyclic) bond motifs is 1. The fourth-order valence-electron chi connectivity index (χ4n) is 4.08. The molecule has 0 saturated carbocycles. The summed E-state index contributed by atoms with van der Waals surface area (Å²) in [6.07, 6.45) is 0.290. The first kappa shape index (κ1) is 20.5. The molecule has 1 fully saturated rings. The summed E-state index contributed by atoms with van der Waals surface area (Å²) in [4.78, 5) is 18.7. The summed E-state index contributed by atoms with van der Waals surface area (Å²) in [5.41, 5.74) is 0.698. The highest BCUT2D eigenvalue weighted by Gasteiger charge is 2.29. The topological polar surface area (TPSA) is 42.4 Å². The van der Waals surface area contributed by atoms with Crippen molar-refractivity contribution in [1.82, 2.24) is 4.98 Å². The van der Waals surface area contributed by atoms with E-state index in [0.717, 1.165) is 24.0 Å². The molecule has 1 aromatic heterocycles. The van der Waals surface area contributed by atoms with Gasteiger partial charge in [-0.2, -0.15) is 0 Å². The molecule has 1 aromatic carbocycles. The summed E-state index contributed by atoms with van der Waals surface area (Å²) in [5, 5.41) is 0.727. The van der Waals surface area contributed by atoms with Crippen LogP contribution in [0.1, 0.15) is 52.5 Å². The lowest BCUT2D eigenvalue weighted by molar-refractivity contribution is -0.156. The molecule has 3 rings (SSSR count). The quantitative estimate of drug-likeness (QED) is 0.659. The molecule has 4 nitrogen and oxygen atoms in total. The fraction of sp³-hybridized carbons (Fsp3) is 0.545. The first-order valence-electron chi connectivity index (χ1n) is 9.76. The zero-order valence-electron chi connectivity index (χ0n) is 16.9. The maximum atomic E-state index is 13.4. The molecular formula is C22H28F2N2O2. The lowest BCUT2D eigenvalue weighted by Crippen LogP contribution is -2.41. The highest BCUT2D eigenvalue weighted by atomic mass is 19.3. The third-order valence-electron chi connectivity index (χ3n) is 4.98. The van der Waals surface area contributed by atoms with E-state index in [0.29, 0.717) is 24.4 Å². The number of benzene rings is 1. The SMILES string of the molecule is C[C@H]1C[C@@H](CC(=O)OC(C)(C)C)CN(c2ccc(C(F)F)c3ncccc23)C1. The second-order valence-corrected chi connectivity index (χ2v) is 8.78. The standard InChI is InChI=1S/C22H28F2N2O2/c1-14-10-15(11-19(27)28-22(2,3)4)13-26(12-14)18-8-7-17(21(23)24)20-16(18)6-5-9-25-20/h5-9,14-15,21H,10-13H2,1-4H3/t14-,15-/m0/s1. The van der Waals surface area contributed by atoms with Gasteiger partial charge in [0.2, 0.25) is 0 Å². The monoisotopic (exact) mass is 390 g/mol. The molecule has 1 aliphatic heterocycles. The van der Waals surface area contributed by atoms with Gasteiger partial charge in [0.15, 0.2) is 0 Å². The molecule has 0 amide bonds. The zero-order chi connectivity index (χ0) is 20.5. The molecule has 0 spiro atoms. The first-order valence-corrected chi connectivity index (χ1v) is 9.76. The van der Waals surface area contributed by atoms with E-state index in [-0.39, 0.29) is 17.5 Å². The number of hydrogen-bond donors (Lipinski definition) is 0. The number of hydrogen-bond acceptors (Lipinski definition) is 4. The molecule has 2 atom stereocenters. The van der Waals surface area contributed by atoms with Crippen molar-refractivity contribution >= 4 is 22.6 Å². The van der Waals surface area contributed by atoms with E-state index in [2.05, 4.69) is 16.8 Å². The molecule has 6 heteroatoms. The Balaban J connectivity index is 1.85.